The Labute approximate surface area is 136 Å². The summed E-state index contributed by atoms with van der Waals surface area (Å²) in [7, 11) is 0. The van der Waals surface area contributed by atoms with E-state index >= 15 is 0 Å². The van der Waals surface area contributed by atoms with Gasteiger partial charge in [0.05, 0.1) is 12.7 Å². The molecule has 0 aliphatic carbocycles. The number of amides is 1. The van der Waals surface area contributed by atoms with Crippen LogP contribution in [0.3, 0.4) is 0 Å². The van der Waals surface area contributed by atoms with Gasteiger partial charge in [0, 0.05) is 24.9 Å². The van der Waals surface area contributed by atoms with Crippen molar-refractivity contribution in [1.82, 2.24) is 5.32 Å². The van der Waals surface area contributed by atoms with Crippen molar-refractivity contribution in [3.8, 4) is 0 Å². The third-order valence-corrected chi connectivity index (χ3v) is 3.70. The summed E-state index contributed by atoms with van der Waals surface area (Å²) in [6.45, 7) is 2.46. The van der Waals surface area contributed by atoms with E-state index in [1.165, 1.54) is 6.08 Å². The van der Waals surface area contributed by atoms with E-state index in [0.717, 1.165) is 36.5 Å². The van der Waals surface area contributed by atoms with Crippen molar-refractivity contribution < 1.29 is 9.53 Å². The largest absolute Gasteiger partial charge is 0.371 e. The van der Waals surface area contributed by atoms with Crippen LogP contribution in [0.5, 0.6) is 0 Å². The molecule has 0 aromatic heterocycles. The molecule has 1 heterocycles. The molecule has 3 rings (SSSR count). The van der Waals surface area contributed by atoms with Crippen LogP contribution < -0.4 is 10.6 Å². The van der Waals surface area contributed by atoms with Crippen LogP contribution in [0.2, 0.25) is 0 Å². The van der Waals surface area contributed by atoms with Gasteiger partial charge in [0.25, 0.3) is 0 Å². The van der Waals surface area contributed by atoms with Crippen LogP contribution in [0, 0.1) is 0 Å². The molecule has 4 nitrogen and oxygen atoms in total. The molecule has 1 aliphatic heterocycles. The summed E-state index contributed by atoms with van der Waals surface area (Å²) in [4.78, 5) is 11.9. The second-order valence-corrected chi connectivity index (χ2v) is 5.42. The molecule has 23 heavy (non-hydrogen) atoms. The minimum absolute atomic E-state index is 0.0893. The van der Waals surface area contributed by atoms with Crippen LogP contribution in [0.25, 0.3) is 6.08 Å². The van der Waals surface area contributed by atoms with E-state index in [1.54, 1.807) is 6.08 Å². The molecular formula is C19H20N2O2. The lowest BCUT2D eigenvalue weighted by Crippen LogP contribution is -2.33. The first kappa shape index (κ1) is 15.5. The van der Waals surface area contributed by atoms with Crippen molar-refractivity contribution >= 4 is 17.7 Å². The zero-order chi connectivity index (χ0) is 15.9. The monoisotopic (exact) mass is 308 g/mol. The van der Waals surface area contributed by atoms with E-state index in [1.807, 2.05) is 54.6 Å². The van der Waals surface area contributed by atoms with Gasteiger partial charge in [-0.15, -0.1) is 0 Å². The van der Waals surface area contributed by atoms with E-state index in [4.69, 9.17) is 4.74 Å². The number of ether oxygens (including phenoxy) is 1. The molecule has 1 atom stereocenters. The smallest absolute Gasteiger partial charge is 0.248 e. The highest BCUT2D eigenvalue weighted by Crippen LogP contribution is 2.20. The number of rotatable bonds is 4. The van der Waals surface area contributed by atoms with E-state index in [-0.39, 0.29) is 12.0 Å². The Morgan fingerprint density at radius 1 is 1.13 bits per heavy atom. The lowest BCUT2D eigenvalue weighted by Gasteiger charge is -2.24. The maximum absolute atomic E-state index is 11.9. The van der Waals surface area contributed by atoms with E-state index in [9.17, 15) is 4.79 Å². The molecule has 1 saturated heterocycles. The molecule has 118 valence electrons. The first-order chi connectivity index (χ1) is 11.3. The molecule has 1 unspecified atom stereocenters. The van der Waals surface area contributed by atoms with Gasteiger partial charge in [-0.25, -0.2) is 0 Å². The average Bonchev–Trinajstić information content (AvgIpc) is 2.62. The molecule has 4 heteroatoms. The number of anilines is 1. The topological polar surface area (TPSA) is 50.4 Å². The molecular weight excluding hydrogens is 288 g/mol. The van der Waals surface area contributed by atoms with Crippen molar-refractivity contribution in [2.45, 2.75) is 6.10 Å². The Morgan fingerprint density at radius 2 is 1.91 bits per heavy atom. The predicted octanol–water partition coefficient (Wildman–Crippen LogP) is 3.00. The van der Waals surface area contributed by atoms with E-state index in [2.05, 4.69) is 10.6 Å². The van der Waals surface area contributed by atoms with Gasteiger partial charge >= 0.3 is 0 Å². The van der Waals surface area contributed by atoms with Gasteiger partial charge in [-0.1, -0.05) is 42.5 Å². The van der Waals surface area contributed by atoms with E-state index in [0.29, 0.717) is 0 Å². The number of carbonyl (C=O) groups is 1. The highest BCUT2D eigenvalue weighted by atomic mass is 16.5. The van der Waals surface area contributed by atoms with Gasteiger partial charge in [-0.2, -0.15) is 0 Å². The highest BCUT2D eigenvalue weighted by molar-refractivity contribution is 6.01. The molecule has 1 fully saturated rings. The van der Waals surface area contributed by atoms with Gasteiger partial charge in [0.2, 0.25) is 5.91 Å². The normalized spacial score (nSPS) is 18.0. The number of carbonyl (C=O) groups excluding carboxylic acids is 1. The van der Waals surface area contributed by atoms with Crippen LogP contribution in [0.4, 0.5) is 5.69 Å². The van der Waals surface area contributed by atoms with Crippen LogP contribution >= 0.6 is 0 Å². The summed E-state index contributed by atoms with van der Waals surface area (Å²) >= 11 is 0. The first-order valence-electron chi connectivity index (χ1n) is 7.78. The highest BCUT2D eigenvalue weighted by Gasteiger charge is 2.15. The molecule has 2 aromatic rings. The van der Waals surface area contributed by atoms with Crippen LogP contribution in [0.15, 0.2) is 60.7 Å². The fourth-order valence-electron chi connectivity index (χ4n) is 2.48. The maximum Gasteiger partial charge on any atom is 0.248 e. The zero-order valence-corrected chi connectivity index (χ0v) is 12.9. The van der Waals surface area contributed by atoms with Crippen molar-refractivity contribution in [3.05, 3.63) is 71.8 Å². The van der Waals surface area contributed by atoms with Crippen molar-refractivity contribution in [1.29, 1.82) is 0 Å². The minimum Gasteiger partial charge on any atom is -0.371 e. The number of benzene rings is 2. The van der Waals surface area contributed by atoms with E-state index < -0.39 is 0 Å². The second kappa shape index (κ2) is 7.72. The summed E-state index contributed by atoms with van der Waals surface area (Å²) in [5.74, 6) is -0.141. The molecule has 0 radical (unpaired) electrons. The summed E-state index contributed by atoms with van der Waals surface area (Å²) in [5.41, 5.74) is 2.90. The summed E-state index contributed by atoms with van der Waals surface area (Å²) in [5, 5.41) is 6.17. The Morgan fingerprint density at radius 3 is 2.61 bits per heavy atom. The number of morpholine rings is 1. The number of hydrogen-bond donors (Lipinski definition) is 2. The Hall–Kier alpha value is -2.43. The average molecular weight is 308 g/mol. The molecule has 0 saturated carbocycles. The van der Waals surface area contributed by atoms with Gasteiger partial charge < -0.3 is 15.4 Å². The van der Waals surface area contributed by atoms with Crippen LogP contribution in [-0.2, 0) is 9.53 Å². The maximum atomic E-state index is 11.9. The lowest BCUT2D eigenvalue weighted by atomic mass is 10.1. The standard InChI is InChI=1S/C19H20N2O2/c22-19(11-6-15-4-2-1-3-5-15)21-17-9-7-16(8-10-17)18-14-20-12-13-23-18/h1-11,18,20H,12-14H2,(H,21,22). The Kier molecular flexibility index (Phi) is 5.19. The van der Waals surface area contributed by atoms with Gasteiger partial charge in [0.1, 0.15) is 0 Å². The van der Waals surface area contributed by atoms with Gasteiger partial charge in [-0.05, 0) is 29.3 Å². The van der Waals surface area contributed by atoms with Gasteiger partial charge in [0.15, 0.2) is 0 Å². The van der Waals surface area contributed by atoms with Crippen molar-refractivity contribution in [2.24, 2.45) is 0 Å². The summed E-state index contributed by atoms with van der Waals surface area (Å²) in [6.07, 6.45) is 3.43. The van der Waals surface area contributed by atoms with Gasteiger partial charge in [-0.3, -0.25) is 4.79 Å². The SMILES string of the molecule is O=C(C=Cc1ccccc1)Nc1ccc(C2CNCCO2)cc1. The molecule has 2 N–H and O–H groups in total. The molecule has 0 bridgehead atoms. The number of nitrogens with one attached hydrogen (secondary N) is 2. The summed E-state index contributed by atoms with van der Waals surface area (Å²) < 4.78 is 5.71. The zero-order valence-electron chi connectivity index (χ0n) is 12.9. The summed E-state index contributed by atoms with van der Waals surface area (Å²) in [6, 6.07) is 17.5. The van der Waals surface area contributed by atoms with Crippen molar-refractivity contribution in [2.75, 3.05) is 25.0 Å². The minimum atomic E-state index is -0.141. The predicted molar refractivity (Wildman–Crippen MR) is 92.1 cm³/mol. The molecule has 1 amide bonds. The van der Waals surface area contributed by atoms with Crippen LogP contribution in [0.1, 0.15) is 17.2 Å². The molecule has 1 aliphatic rings. The van der Waals surface area contributed by atoms with Crippen LogP contribution in [-0.4, -0.2) is 25.6 Å². The van der Waals surface area contributed by atoms with Crippen molar-refractivity contribution in [3.63, 3.8) is 0 Å². The Balaban J connectivity index is 1.57. The third-order valence-electron chi connectivity index (χ3n) is 3.70. The third kappa shape index (κ3) is 4.52. The fourth-order valence-corrected chi connectivity index (χ4v) is 2.48. The number of hydrogen-bond acceptors (Lipinski definition) is 3. The molecule has 2 aromatic carbocycles. The first-order valence-corrected chi connectivity index (χ1v) is 7.78. The fraction of sp³-hybridized carbons (Fsp3) is 0.211. The quantitative estimate of drug-likeness (QED) is 0.854. The Bertz CT molecular complexity index is 660. The lowest BCUT2D eigenvalue weighted by molar-refractivity contribution is -0.111. The second-order valence-electron chi connectivity index (χ2n) is 5.42. The molecule has 0 spiro atoms.